The Morgan fingerprint density at radius 2 is 1.89 bits per heavy atom. The number of likely N-dealkylation sites (tertiary alicyclic amines) is 1. The van der Waals surface area contributed by atoms with Crippen molar-refractivity contribution in [2.75, 3.05) is 27.3 Å². The highest BCUT2D eigenvalue weighted by Crippen LogP contribution is 2.38. The summed E-state index contributed by atoms with van der Waals surface area (Å²) in [5, 5.41) is 15.6. The summed E-state index contributed by atoms with van der Waals surface area (Å²) in [6.45, 7) is 1.92. The predicted molar refractivity (Wildman–Crippen MR) is 109 cm³/mol. The van der Waals surface area contributed by atoms with Crippen molar-refractivity contribution in [1.29, 1.82) is 0 Å². The third kappa shape index (κ3) is 8.77. The number of carbonyl (C=O) groups is 2. The molecule has 1 saturated heterocycles. The quantitative estimate of drug-likeness (QED) is 0.541. The van der Waals surface area contributed by atoms with Crippen LogP contribution in [0.25, 0.3) is 0 Å². The number of benzene rings is 1. The van der Waals surface area contributed by atoms with Crippen LogP contribution in [0.1, 0.15) is 19.3 Å². The SMILES string of the molecule is COc1c(Br)cc(Br)cc1OCCC1CCCN1C.O=C(O)/C=C/C(=O)O. The molecule has 0 aromatic heterocycles. The first-order valence-corrected chi connectivity index (χ1v) is 9.83. The maximum atomic E-state index is 9.55. The molecule has 150 valence electrons. The predicted octanol–water partition coefficient (Wildman–Crippen LogP) is 3.80. The van der Waals surface area contributed by atoms with Crippen molar-refractivity contribution in [2.45, 2.75) is 25.3 Å². The van der Waals surface area contributed by atoms with Crippen molar-refractivity contribution in [1.82, 2.24) is 4.90 Å². The van der Waals surface area contributed by atoms with Gasteiger partial charge in [-0.05, 0) is 60.9 Å². The van der Waals surface area contributed by atoms with E-state index in [-0.39, 0.29) is 0 Å². The maximum absolute atomic E-state index is 9.55. The Morgan fingerprint density at radius 3 is 2.37 bits per heavy atom. The molecule has 1 unspecified atom stereocenters. The summed E-state index contributed by atoms with van der Waals surface area (Å²) in [7, 11) is 3.85. The molecule has 27 heavy (non-hydrogen) atoms. The van der Waals surface area contributed by atoms with Gasteiger partial charge in [0.2, 0.25) is 0 Å². The summed E-state index contributed by atoms with van der Waals surface area (Å²) in [5.41, 5.74) is 0. The lowest BCUT2D eigenvalue weighted by Gasteiger charge is -2.20. The Labute approximate surface area is 175 Å². The number of hydrogen-bond donors (Lipinski definition) is 2. The average molecular weight is 509 g/mol. The minimum atomic E-state index is -1.26. The highest BCUT2D eigenvalue weighted by molar-refractivity contribution is 9.11. The molecular weight excluding hydrogens is 486 g/mol. The summed E-state index contributed by atoms with van der Waals surface area (Å²) < 4.78 is 13.1. The second-order valence-corrected chi connectivity index (χ2v) is 7.61. The highest BCUT2D eigenvalue weighted by atomic mass is 79.9. The van der Waals surface area contributed by atoms with Gasteiger partial charge in [-0.25, -0.2) is 9.59 Å². The number of halogens is 2. The van der Waals surface area contributed by atoms with E-state index in [1.54, 1.807) is 7.11 Å². The van der Waals surface area contributed by atoms with E-state index in [1.165, 1.54) is 19.4 Å². The standard InChI is InChI=1S/C14H19Br2NO2.C4H4O4/c1-17-6-3-4-11(17)5-7-19-13-9-10(15)8-12(16)14(13)18-2;5-3(6)1-2-4(7)8/h8-9,11H,3-7H2,1-2H3;1-2H,(H,5,6)(H,7,8)/b;2-1+. The second kappa shape index (κ2) is 12.0. The van der Waals surface area contributed by atoms with Gasteiger partial charge in [0.15, 0.2) is 11.5 Å². The van der Waals surface area contributed by atoms with E-state index in [0.717, 1.165) is 26.9 Å². The summed E-state index contributed by atoms with van der Waals surface area (Å²) >= 11 is 6.95. The van der Waals surface area contributed by atoms with Crippen LogP contribution < -0.4 is 9.47 Å². The Morgan fingerprint density at radius 1 is 1.26 bits per heavy atom. The lowest BCUT2D eigenvalue weighted by atomic mass is 10.1. The highest BCUT2D eigenvalue weighted by Gasteiger charge is 2.20. The van der Waals surface area contributed by atoms with Crippen molar-refractivity contribution >= 4 is 43.8 Å². The molecule has 1 aromatic rings. The van der Waals surface area contributed by atoms with Gasteiger partial charge >= 0.3 is 11.9 Å². The summed E-state index contributed by atoms with van der Waals surface area (Å²) in [6, 6.07) is 4.56. The zero-order valence-corrected chi connectivity index (χ0v) is 18.3. The number of carboxylic acid groups (broad SMARTS) is 2. The van der Waals surface area contributed by atoms with E-state index in [2.05, 4.69) is 43.8 Å². The van der Waals surface area contributed by atoms with Crippen molar-refractivity contribution in [3.05, 3.63) is 33.2 Å². The van der Waals surface area contributed by atoms with Crippen LogP contribution >= 0.6 is 31.9 Å². The van der Waals surface area contributed by atoms with Crippen molar-refractivity contribution in [3.8, 4) is 11.5 Å². The fraction of sp³-hybridized carbons (Fsp3) is 0.444. The molecule has 1 heterocycles. The number of hydrogen-bond acceptors (Lipinski definition) is 5. The molecule has 1 fully saturated rings. The fourth-order valence-electron chi connectivity index (χ4n) is 2.63. The number of aliphatic carboxylic acids is 2. The fourth-order valence-corrected chi connectivity index (χ4v) is 3.98. The number of nitrogens with zero attached hydrogens (tertiary/aromatic N) is 1. The molecule has 0 radical (unpaired) electrons. The van der Waals surface area contributed by atoms with Crippen LogP contribution in [0.15, 0.2) is 33.2 Å². The van der Waals surface area contributed by atoms with Gasteiger partial charge in [-0.1, -0.05) is 15.9 Å². The minimum Gasteiger partial charge on any atom is -0.492 e. The van der Waals surface area contributed by atoms with E-state index in [0.29, 0.717) is 24.8 Å². The molecule has 0 aliphatic carbocycles. The van der Waals surface area contributed by atoms with Gasteiger partial charge in [0.25, 0.3) is 0 Å². The Bertz CT molecular complexity index is 664. The zero-order chi connectivity index (χ0) is 20.4. The van der Waals surface area contributed by atoms with Crippen LogP contribution in [0, 0.1) is 0 Å². The maximum Gasteiger partial charge on any atom is 0.328 e. The Balaban J connectivity index is 0.000000387. The average Bonchev–Trinajstić information content (AvgIpc) is 2.98. The number of rotatable bonds is 7. The normalized spacial score (nSPS) is 16.7. The van der Waals surface area contributed by atoms with Gasteiger partial charge in [-0.2, -0.15) is 0 Å². The number of methoxy groups -OCH3 is 1. The molecule has 1 aromatic carbocycles. The first-order chi connectivity index (χ1) is 12.7. The number of carboxylic acids is 2. The molecule has 9 heteroatoms. The van der Waals surface area contributed by atoms with Crippen molar-refractivity contribution in [3.63, 3.8) is 0 Å². The summed E-state index contributed by atoms with van der Waals surface area (Å²) in [6.07, 6.45) is 4.75. The van der Waals surface area contributed by atoms with Crippen LogP contribution in [0.4, 0.5) is 0 Å². The topological polar surface area (TPSA) is 96.3 Å². The third-order valence-electron chi connectivity index (χ3n) is 3.93. The van der Waals surface area contributed by atoms with Crippen LogP contribution in [0.5, 0.6) is 11.5 Å². The number of ether oxygens (including phenoxy) is 2. The first-order valence-electron chi connectivity index (χ1n) is 8.24. The molecule has 0 saturated carbocycles. The van der Waals surface area contributed by atoms with E-state index in [9.17, 15) is 9.59 Å². The molecular formula is C18H23Br2NO6. The van der Waals surface area contributed by atoms with Crippen LogP contribution in [-0.2, 0) is 9.59 Å². The second-order valence-electron chi connectivity index (χ2n) is 5.84. The van der Waals surface area contributed by atoms with Gasteiger partial charge in [0.05, 0.1) is 18.2 Å². The zero-order valence-electron chi connectivity index (χ0n) is 15.2. The summed E-state index contributed by atoms with van der Waals surface area (Å²) in [5.74, 6) is -0.979. The first kappa shape index (κ1) is 23.5. The molecule has 2 rings (SSSR count). The van der Waals surface area contributed by atoms with E-state index < -0.39 is 11.9 Å². The Kier molecular flexibility index (Phi) is 10.4. The van der Waals surface area contributed by atoms with Gasteiger partial charge in [-0.15, -0.1) is 0 Å². The Hall–Kier alpha value is -1.58. The minimum absolute atomic E-state index is 0.558. The van der Waals surface area contributed by atoms with Crippen LogP contribution in [-0.4, -0.2) is 60.4 Å². The monoisotopic (exact) mass is 507 g/mol. The largest absolute Gasteiger partial charge is 0.492 e. The molecule has 0 amide bonds. The van der Waals surface area contributed by atoms with Crippen LogP contribution in [0.2, 0.25) is 0 Å². The third-order valence-corrected chi connectivity index (χ3v) is 4.97. The molecule has 0 bridgehead atoms. The molecule has 0 spiro atoms. The lowest BCUT2D eigenvalue weighted by Crippen LogP contribution is -2.26. The van der Waals surface area contributed by atoms with Gasteiger partial charge in [-0.3, -0.25) is 0 Å². The van der Waals surface area contributed by atoms with Gasteiger partial charge < -0.3 is 24.6 Å². The molecule has 1 aliphatic heterocycles. The smallest absolute Gasteiger partial charge is 0.328 e. The van der Waals surface area contributed by atoms with Crippen molar-refractivity contribution < 1.29 is 29.3 Å². The lowest BCUT2D eigenvalue weighted by molar-refractivity contribution is -0.134. The van der Waals surface area contributed by atoms with Gasteiger partial charge in [0, 0.05) is 22.7 Å². The van der Waals surface area contributed by atoms with E-state index in [4.69, 9.17) is 19.7 Å². The summed E-state index contributed by atoms with van der Waals surface area (Å²) in [4.78, 5) is 21.5. The van der Waals surface area contributed by atoms with E-state index in [1.807, 2.05) is 12.1 Å². The van der Waals surface area contributed by atoms with Gasteiger partial charge in [0.1, 0.15) is 0 Å². The molecule has 1 aliphatic rings. The molecule has 1 atom stereocenters. The molecule has 2 N–H and O–H groups in total. The van der Waals surface area contributed by atoms with Crippen LogP contribution in [0.3, 0.4) is 0 Å². The van der Waals surface area contributed by atoms with Crippen molar-refractivity contribution in [2.24, 2.45) is 0 Å². The molecule has 7 nitrogen and oxygen atoms in total. The van der Waals surface area contributed by atoms with E-state index >= 15 is 0 Å².